The Kier molecular flexibility index (Phi) is 5.24. The molecule has 82 valence electrons. The number of likely N-dealkylation sites (tertiary alicyclic amines) is 1. The lowest BCUT2D eigenvalue weighted by Gasteiger charge is -2.39. The van der Waals surface area contributed by atoms with Crippen LogP contribution in [0.3, 0.4) is 0 Å². The van der Waals surface area contributed by atoms with Crippen LogP contribution in [0.15, 0.2) is 0 Å². The third kappa shape index (κ3) is 3.13. The first-order valence-electron chi connectivity index (χ1n) is 5.62. The summed E-state index contributed by atoms with van der Waals surface area (Å²) in [5, 5.41) is 0. The van der Waals surface area contributed by atoms with Gasteiger partial charge in [-0.2, -0.15) is 0 Å². The van der Waals surface area contributed by atoms with Crippen LogP contribution in [-0.2, 0) is 0 Å². The second kappa shape index (κ2) is 5.96. The molecule has 1 nitrogen and oxygen atoms in total. The van der Waals surface area contributed by atoms with E-state index in [1.807, 2.05) is 11.8 Å². The monoisotopic (exact) mass is 231 g/mol. The molecular weight excluding hydrogens is 210 g/mol. The van der Waals surface area contributed by atoms with Gasteiger partial charge in [-0.1, -0.05) is 44.2 Å². The predicted octanol–water partition coefficient (Wildman–Crippen LogP) is 3.53. The molecule has 1 rings (SSSR count). The van der Waals surface area contributed by atoms with Gasteiger partial charge in [0.25, 0.3) is 0 Å². The Labute approximate surface area is 97.6 Å². The number of rotatable bonds is 2. The molecule has 0 aromatic heterocycles. The summed E-state index contributed by atoms with van der Waals surface area (Å²) < 4.78 is 1.11. The summed E-state index contributed by atoms with van der Waals surface area (Å²) in [7, 11) is 0. The van der Waals surface area contributed by atoms with Gasteiger partial charge >= 0.3 is 0 Å². The van der Waals surface area contributed by atoms with Crippen molar-refractivity contribution in [2.24, 2.45) is 5.92 Å². The van der Waals surface area contributed by atoms with Crippen molar-refractivity contribution in [3.63, 3.8) is 0 Å². The zero-order chi connectivity index (χ0) is 10.6. The van der Waals surface area contributed by atoms with Crippen molar-refractivity contribution >= 4 is 28.3 Å². The zero-order valence-electron chi connectivity index (χ0n) is 9.45. The van der Waals surface area contributed by atoms with Gasteiger partial charge in [-0.15, -0.1) is 0 Å². The van der Waals surface area contributed by atoms with Crippen LogP contribution in [0.25, 0.3) is 0 Å². The highest BCUT2D eigenvalue weighted by molar-refractivity contribution is 8.22. The summed E-state index contributed by atoms with van der Waals surface area (Å²) in [5.74, 6) is 1.96. The Bertz CT molecular complexity index is 194. The van der Waals surface area contributed by atoms with Crippen molar-refractivity contribution in [3.8, 4) is 0 Å². The zero-order valence-corrected chi connectivity index (χ0v) is 11.1. The van der Waals surface area contributed by atoms with E-state index in [1.54, 1.807) is 0 Å². The van der Waals surface area contributed by atoms with E-state index < -0.39 is 0 Å². The Morgan fingerprint density at radius 1 is 1.43 bits per heavy atom. The van der Waals surface area contributed by atoms with Gasteiger partial charge < -0.3 is 4.90 Å². The lowest BCUT2D eigenvalue weighted by Crippen LogP contribution is -2.43. The molecule has 3 heteroatoms. The lowest BCUT2D eigenvalue weighted by molar-refractivity contribution is 0.199. The quantitative estimate of drug-likeness (QED) is 0.669. The highest BCUT2D eigenvalue weighted by Crippen LogP contribution is 2.26. The molecule has 0 aromatic carbocycles. The van der Waals surface area contributed by atoms with Crippen LogP contribution in [-0.4, -0.2) is 27.6 Å². The second-order valence-corrected chi connectivity index (χ2v) is 5.95. The fourth-order valence-corrected chi connectivity index (χ4v) is 3.25. The van der Waals surface area contributed by atoms with Crippen molar-refractivity contribution in [1.29, 1.82) is 0 Å². The van der Waals surface area contributed by atoms with Crippen LogP contribution < -0.4 is 0 Å². The van der Waals surface area contributed by atoms with Gasteiger partial charge in [0, 0.05) is 12.6 Å². The molecular formula is C11H21NS2. The number of hydrogen-bond acceptors (Lipinski definition) is 2. The Hall–Kier alpha value is 0.240. The molecule has 1 fully saturated rings. The molecule has 0 saturated carbocycles. The van der Waals surface area contributed by atoms with E-state index in [1.165, 1.54) is 25.8 Å². The van der Waals surface area contributed by atoms with Crippen LogP contribution >= 0.6 is 24.0 Å². The SMILES string of the molecule is CCSC(=S)N1CC(CC)CCC1C. The highest BCUT2D eigenvalue weighted by atomic mass is 32.2. The molecule has 0 amide bonds. The van der Waals surface area contributed by atoms with Gasteiger partial charge in [0.1, 0.15) is 4.32 Å². The van der Waals surface area contributed by atoms with Crippen molar-refractivity contribution in [1.82, 2.24) is 4.90 Å². The maximum Gasteiger partial charge on any atom is 0.136 e. The van der Waals surface area contributed by atoms with Crippen LogP contribution in [0.1, 0.15) is 40.0 Å². The standard InChI is InChI=1S/C11H21NS2/c1-4-10-7-6-9(3)12(8-10)11(13)14-5-2/h9-10H,4-8H2,1-3H3. The minimum absolute atomic E-state index is 0.657. The number of piperidine rings is 1. The third-order valence-corrected chi connectivity index (χ3v) is 4.42. The molecule has 1 aliphatic rings. The van der Waals surface area contributed by atoms with Gasteiger partial charge in [0.15, 0.2) is 0 Å². The topological polar surface area (TPSA) is 3.24 Å². The average molecular weight is 231 g/mol. The molecule has 1 saturated heterocycles. The Morgan fingerprint density at radius 2 is 2.14 bits per heavy atom. The van der Waals surface area contributed by atoms with Crippen LogP contribution in [0.4, 0.5) is 0 Å². The molecule has 2 unspecified atom stereocenters. The number of thioether (sulfide) groups is 1. The lowest BCUT2D eigenvalue weighted by atomic mass is 9.92. The van der Waals surface area contributed by atoms with E-state index in [2.05, 4.69) is 25.7 Å². The van der Waals surface area contributed by atoms with Crippen molar-refractivity contribution in [2.75, 3.05) is 12.3 Å². The molecule has 1 aliphatic heterocycles. The second-order valence-electron chi connectivity index (χ2n) is 4.05. The maximum absolute atomic E-state index is 5.44. The fraction of sp³-hybridized carbons (Fsp3) is 0.909. The molecule has 0 spiro atoms. The molecule has 2 atom stereocenters. The van der Waals surface area contributed by atoms with Crippen LogP contribution in [0.2, 0.25) is 0 Å². The molecule has 1 heterocycles. The number of nitrogens with zero attached hydrogens (tertiary/aromatic N) is 1. The first-order valence-corrected chi connectivity index (χ1v) is 7.01. The van der Waals surface area contributed by atoms with Gasteiger partial charge in [0.2, 0.25) is 0 Å². The summed E-state index contributed by atoms with van der Waals surface area (Å²) >= 11 is 7.25. The van der Waals surface area contributed by atoms with Gasteiger partial charge in [-0.25, -0.2) is 0 Å². The first-order chi connectivity index (χ1) is 6.69. The normalized spacial score (nSPS) is 27.8. The van der Waals surface area contributed by atoms with E-state index in [0.29, 0.717) is 6.04 Å². The summed E-state index contributed by atoms with van der Waals surface area (Å²) in [5.41, 5.74) is 0. The molecule has 0 aromatic rings. The predicted molar refractivity (Wildman–Crippen MR) is 69.9 cm³/mol. The summed E-state index contributed by atoms with van der Waals surface area (Å²) in [6.07, 6.45) is 3.99. The highest BCUT2D eigenvalue weighted by Gasteiger charge is 2.25. The van der Waals surface area contributed by atoms with E-state index in [4.69, 9.17) is 12.2 Å². The van der Waals surface area contributed by atoms with Crippen molar-refractivity contribution < 1.29 is 0 Å². The van der Waals surface area contributed by atoms with Gasteiger partial charge in [0.05, 0.1) is 0 Å². The fourth-order valence-electron chi connectivity index (χ4n) is 1.98. The third-order valence-electron chi connectivity index (χ3n) is 3.06. The molecule has 14 heavy (non-hydrogen) atoms. The van der Waals surface area contributed by atoms with E-state index in [9.17, 15) is 0 Å². The Morgan fingerprint density at radius 3 is 2.71 bits per heavy atom. The van der Waals surface area contributed by atoms with Crippen molar-refractivity contribution in [2.45, 2.75) is 46.1 Å². The maximum atomic E-state index is 5.44. The molecule has 0 N–H and O–H groups in total. The van der Waals surface area contributed by atoms with E-state index >= 15 is 0 Å². The smallest absolute Gasteiger partial charge is 0.136 e. The summed E-state index contributed by atoms with van der Waals surface area (Å²) in [4.78, 5) is 2.43. The van der Waals surface area contributed by atoms with Crippen LogP contribution in [0, 0.1) is 5.92 Å². The average Bonchev–Trinajstić information content (AvgIpc) is 2.19. The minimum atomic E-state index is 0.657. The Balaban J connectivity index is 2.51. The van der Waals surface area contributed by atoms with E-state index in [0.717, 1.165) is 16.0 Å². The summed E-state index contributed by atoms with van der Waals surface area (Å²) in [6.45, 7) is 7.94. The first kappa shape index (κ1) is 12.3. The van der Waals surface area contributed by atoms with Gasteiger partial charge in [-0.05, 0) is 31.4 Å². The van der Waals surface area contributed by atoms with E-state index in [-0.39, 0.29) is 0 Å². The largest absolute Gasteiger partial charge is 0.355 e. The van der Waals surface area contributed by atoms with Crippen molar-refractivity contribution in [3.05, 3.63) is 0 Å². The summed E-state index contributed by atoms with van der Waals surface area (Å²) in [6, 6.07) is 0.657. The molecule has 0 aliphatic carbocycles. The van der Waals surface area contributed by atoms with Gasteiger partial charge in [-0.3, -0.25) is 0 Å². The number of hydrogen-bond donors (Lipinski definition) is 0. The molecule has 0 radical (unpaired) electrons. The number of thiocarbonyl (C=S) groups is 1. The minimum Gasteiger partial charge on any atom is -0.355 e. The van der Waals surface area contributed by atoms with Crippen LogP contribution in [0.5, 0.6) is 0 Å². The molecule has 0 bridgehead atoms.